The van der Waals surface area contributed by atoms with E-state index in [0.717, 1.165) is 35.3 Å². The lowest BCUT2D eigenvalue weighted by molar-refractivity contribution is -0.134. The summed E-state index contributed by atoms with van der Waals surface area (Å²) in [6, 6.07) is 7.79. The van der Waals surface area contributed by atoms with Gasteiger partial charge in [-0.15, -0.1) is 0 Å². The van der Waals surface area contributed by atoms with Gasteiger partial charge in [0.05, 0.1) is 18.6 Å². The number of carbonyl (C=O) groups is 1. The van der Waals surface area contributed by atoms with Gasteiger partial charge in [-0.3, -0.25) is 4.79 Å². The second kappa shape index (κ2) is 9.94. The molecule has 30 heavy (non-hydrogen) atoms. The third-order valence-electron chi connectivity index (χ3n) is 5.18. The number of rotatable bonds is 10. The standard InChI is InChI=1S/C24H34N4O2/c1-17(2)14-28(15-18(3)4)24(29)22(11-21-13-25-16-27(21)5)26-12-19-6-7-23-20(10-19)8-9-30-23/h6-10,13,16-18,22,26H,11-12,14-15H2,1-5H3/t22-/m0/s1. The molecule has 162 valence electrons. The second-order valence-electron chi connectivity index (χ2n) is 8.96. The molecule has 0 aliphatic heterocycles. The van der Waals surface area contributed by atoms with Crippen LogP contribution in [0.4, 0.5) is 0 Å². The predicted molar refractivity (Wildman–Crippen MR) is 120 cm³/mol. The Bertz CT molecular complexity index is 947. The number of furan rings is 1. The Labute approximate surface area is 179 Å². The van der Waals surface area contributed by atoms with Gasteiger partial charge >= 0.3 is 0 Å². The van der Waals surface area contributed by atoms with Gasteiger partial charge in [-0.25, -0.2) is 4.98 Å². The Morgan fingerprint density at radius 1 is 1.17 bits per heavy atom. The minimum Gasteiger partial charge on any atom is -0.464 e. The fraction of sp³-hybridized carbons (Fsp3) is 0.500. The van der Waals surface area contributed by atoms with Crippen molar-refractivity contribution in [3.63, 3.8) is 0 Å². The first-order valence-corrected chi connectivity index (χ1v) is 10.8. The molecule has 0 unspecified atom stereocenters. The van der Waals surface area contributed by atoms with Crippen LogP contribution in [0.15, 0.2) is 47.5 Å². The Morgan fingerprint density at radius 3 is 2.53 bits per heavy atom. The number of imidazole rings is 1. The third kappa shape index (κ3) is 5.72. The molecule has 1 amide bonds. The molecule has 0 saturated carbocycles. The van der Waals surface area contributed by atoms with Crippen LogP contribution in [0, 0.1) is 11.8 Å². The summed E-state index contributed by atoms with van der Waals surface area (Å²) >= 11 is 0. The molecule has 0 saturated heterocycles. The van der Waals surface area contributed by atoms with Crippen molar-refractivity contribution in [3.8, 4) is 0 Å². The summed E-state index contributed by atoms with van der Waals surface area (Å²) in [6.45, 7) is 10.8. The maximum atomic E-state index is 13.6. The molecule has 0 bridgehead atoms. The zero-order chi connectivity index (χ0) is 21.7. The Hall–Kier alpha value is -2.60. The van der Waals surface area contributed by atoms with Crippen LogP contribution in [-0.4, -0.2) is 39.5 Å². The smallest absolute Gasteiger partial charge is 0.240 e. The Balaban J connectivity index is 1.78. The van der Waals surface area contributed by atoms with E-state index < -0.39 is 0 Å². The average Bonchev–Trinajstić information content (AvgIpc) is 3.31. The fourth-order valence-corrected chi connectivity index (χ4v) is 3.76. The van der Waals surface area contributed by atoms with Crippen molar-refractivity contribution >= 4 is 16.9 Å². The van der Waals surface area contributed by atoms with Crippen LogP contribution in [-0.2, 0) is 24.8 Å². The van der Waals surface area contributed by atoms with E-state index in [9.17, 15) is 4.79 Å². The van der Waals surface area contributed by atoms with Crippen LogP contribution in [0.3, 0.4) is 0 Å². The summed E-state index contributed by atoms with van der Waals surface area (Å²) in [7, 11) is 1.97. The molecule has 0 fully saturated rings. The second-order valence-corrected chi connectivity index (χ2v) is 8.96. The number of hydrogen-bond donors (Lipinski definition) is 1. The van der Waals surface area contributed by atoms with Crippen LogP contribution in [0.2, 0.25) is 0 Å². The molecule has 6 heteroatoms. The van der Waals surface area contributed by atoms with Crippen molar-refractivity contribution in [3.05, 3.63) is 54.3 Å². The zero-order valence-corrected chi connectivity index (χ0v) is 18.8. The van der Waals surface area contributed by atoms with Gasteiger partial charge in [0, 0.05) is 50.4 Å². The highest BCUT2D eigenvalue weighted by atomic mass is 16.3. The SMILES string of the molecule is CC(C)CN(CC(C)C)C(=O)[C@H](Cc1cncn1C)NCc1ccc2occc2c1. The first-order valence-electron chi connectivity index (χ1n) is 10.8. The molecule has 3 rings (SSSR count). The number of hydrogen-bond acceptors (Lipinski definition) is 4. The summed E-state index contributed by atoms with van der Waals surface area (Å²) < 4.78 is 7.42. The van der Waals surface area contributed by atoms with Gasteiger partial charge < -0.3 is 19.2 Å². The maximum Gasteiger partial charge on any atom is 0.240 e. The first kappa shape index (κ1) is 22.1. The van der Waals surface area contributed by atoms with E-state index in [2.05, 4.69) is 44.1 Å². The number of nitrogens with one attached hydrogen (secondary N) is 1. The van der Waals surface area contributed by atoms with Gasteiger partial charge in [0.2, 0.25) is 5.91 Å². The molecule has 0 aliphatic rings. The minimum absolute atomic E-state index is 0.156. The Morgan fingerprint density at radius 2 is 1.90 bits per heavy atom. The van der Waals surface area contributed by atoms with E-state index in [1.807, 2.05) is 40.9 Å². The normalized spacial score (nSPS) is 12.8. The van der Waals surface area contributed by atoms with Gasteiger partial charge in [0.25, 0.3) is 0 Å². The number of nitrogens with zero attached hydrogens (tertiary/aromatic N) is 3. The summed E-state index contributed by atoms with van der Waals surface area (Å²) in [5, 5.41) is 4.60. The first-order chi connectivity index (χ1) is 14.3. The largest absolute Gasteiger partial charge is 0.464 e. The van der Waals surface area contributed by atoms with Crippen molar-refractivity contribution in [2.75, 3.05) is 13.1 Å². The molecule has 2 aromatic heterocycles. The van der Waals surface area contributed by atoms with Crippen LogP contribution < -0.4 is 5.32 Å². The fourth-order valence-electron chi connectivity index (χ4n) is 3.76. The predicted octanol–water partition coefficient (Wildman–Crippen LogP) is 4.01. The van der Waals surface area contributed by atoms with Crippen molar-refractivity contribution in [1.82, 2.24) is 19.8 Å². The molecule has 1 aromatic carbocycles. The van der Waals surface area contributed by atoms with Crippen LogP contribution >= 0.6 is 0 Å². The summed E-state index contributed by atoms with van der Waals surface area (Å²) in [4.78, 5) is 19.8. The highest BCUT2D eigenvalue weighted by molar-refractivity contribution is 5.82. The van der Waals surface area contributed by atoms with E-state index in [1.54, 1.807) is 12.6 Å². The molecule has 0 spiro atoms. The van der Waals surface area contributed by atoms with E-state index in [1.165, 1.54) is 0 Å². The average molecular weight is 411 g/mol. The highest BCUT2D eigenvalue weighted by Crippen LogP contribution is 2.17. The molecule has 2 heterocycles. The maximum absolute atomic E-state index is 13.6. The molecule has 3 aromatic rings. The molecule has 6 nitrogen and oxygen atoms in total. The molecule has 1 N–H and O–H groups in total. The number of carbonyl (C=O) groups excluding carboxylic acids is 1. The van der Waals surface area contributed by atoms with Crippen molar-refractivity contribution in [2.24, 2.45) is 18.9 Å². The van der Waals surface area contributed by atoms with E-state index in [0.29, 0.717) is 24.8 Å². The number of aromatic nitrogens is 2. The topological polar surface area (TPSA) is 63.3 Å². The molecule has 1 atom stereocenters. The van der Waals surface area contributed by atoms with E-state index in [-0.39, 0.29) is 11.9 Å². The van der Waals surface area contributed by atoms with Crippen LogP contribution in [0.5, 0.6) is 0 Å². The quantitative estimate of drug-likeness (QED) is 0.549. The van der Waals surface area contributed by atoms with Crippen molar-refractivity contribution in [1.29, 1.82) is 0 Å². The summed E-state index contributed by atoms with van der Waals surface area (Å²) in [5.41, 5.74) is 3.05. The van der Waals surface area contributed by atoms with E-state index in [4.69, 9.17) is 4.42 Å². The molecule has 0 radical (unpaired) electrons. The van der Waals surface area contributed by atoms with Crippen molar-refractivity contribution in [2.45, 2.75) is 46.7 Å². The van der Waals surface area contributed by atoms with Crippen LogP contribution in [0.25, 0.3) is 11.0 Å². The number of benzene rings is 1. The number of amides is 1. The third-order valence-corrected chi connectivity index (χ3v) is 5.18. The molecular formula is C24H34N4O2. The molecule has 0 aliphatic carbocycles. The lowest BCUT2D eigenvalue weighted by Gasteiger charge is -2.31. The Kier molecular flexibility index (Phi) is 7.32. The summed E-state index contributed by atoms with van der Waals surface area (Å²) in [5.74, 6) is 1.00. The van der Waals surface area contributed by atoms with Gasteiger partial charge in [0.15, 0.2) is 0 Å². The van der Waals surface area contributed by atoms with Crippen molar-refractivity contribution < 1.29 is 9.21 Å². The lowest BCUT2D eigenvalue weighted by atomic mass is 10.1. The summed E-state index contributed by atoms with van der Waals surface area (Å²) in [6.07, 6.45) is 5.93. The van der Waals surface area contributed by atoms with Gasteiger partial charge in [-0.05, 0) is 35.6 Å². The van der Waals surface area contributed by atoms with Crippen LogP contribution in [0.1, 0.15) is 39.0 Å². The van der Waals surface area contributed by atoms with Gasteiger partial charge in [0.1, 0.15) is 5.58 Å². The molecular weight excluding hydrogens is 376 g/mol. The van der Waals surface area contributed by atoms with E-state index >= 15 is 0 Å². The number of fused-ring (bicyclic) bond motifs is 1. The van der Waals surface area contributed by atoms with Gasteiger partial charge in [-0.2, -0.15) is 0 Å². The lowest BCUT2D eigenvalue weighted by Crippen LogP contribution is -2.49. The highest BCUT2D eigenvalue weighted by Gasteiger charge is 2.26. The van der Waals surface area contributed by atoms with Gasteiger partial charge in [-0.1, -0.05) is 33.8 Å². The minimum atomic E-state index is -0.307. The monoisotopic (exact) mass is 410 g/mol. The zero-order valence-electron chi connectivity index (χ0n) is 18.8. The number of aryl methyl sites for hydroxylation is 1.